The number of benzene rings is 1. The van der Waals surface area contributed by atoms with Crippen LogP contribution in [0, 0.1) is 0 Å². The van der Waals surface area contributed by atoms with Crippen LogP contribution in [0.2, 0.25) is 0 Å². The van der Waals surface area contributed by atoms with Gasteiger partial charge in [0.25, 0.3) is 5.91 Å². The molecule has 0 fully saturated rings. The maximum Gasteiger partial charge on any atom is 0.271 e. The van der Waals surface area contributed by atoms with E-state index in [4.69, 9.17) is 0 Å². The molecule has 2 N–H and O–H groups in total. The lowest BCUT2D eigenvalue weighted by Gasteiger charge is -2.24. The lowest BCUT2D eigenvalue weighted by Crippen LogP contribution is -2.35. The van der Waals surface area contributed by atoms with Gasteiger partial charge in [0, 0.05) is 37.9 Å². The van der Waals surface area contributed by atoms with Crippen molar-refractivity contribution in [2.75, 3.05) is 7.05 Å². The number of amides is 1. The first-order chi connectivity index (χ1) is 10.7. The van der Waals surface area contributed by atoms with Gasteiger partial charge >= 0.3 is 0 Å². The van der Waals surface area contributed by atoms with Crippen molar-refractivity contribution in [1.29, 1.82) is 0 Å². The average molecular weight is 298 g/mol. The first-order valence-corrected chi connectivity index (χ1v) is 7.73. The third-order valence-corrected chi connectivity index (χ3v) is 4.33. The van der Waals surface area contributed by atoms with E-state index in [0.717, 1.165) is 31.4 Å². The molecular weight excluding hydrogens is 276 g/mol. The summed E-state index contributed by atoms with van der Waals surface area (Å²) in [7, 11) is 3.57. The van der Waals surface area contributed by atoms with Gasteiger partial charge in [-0.2, -0.15) is 5.10 Å². The van der Waals surface area contributed by atoms with Crippen LogP contribution in [0.4, 0.5) is 0 Å². The third-order valence-electron chi connectivity index (χ3n) is 4.33. The van der Waals surface area contributed by atoms with Gasteiger partial charge in [-0.25, -0.2) is 0 Å². The quantitative estimate of drug-likeness (QED) is 0.897. The molecule has 1 unspecified atom stereocenters. The van der Waals surface area contributed by atoms with Crippen LogP contribution in [0.3, 0.4) is 0 Å². The third kappa shape index (κ3) is 2.90. The zero-order valence-electron chi connectivity index (χ0n) is 13.1. The van der Waals surface area contributed by atoms with Gasteiger partial charge in [0.05, 0.1) is 0 Å². The molecular formula is C17H22N4O. The molecule has 1 aromatic carbocycles. The Morgan fingerprint density at radius 1 is 1.36 bits per heavy atom. The number of nitrogens with one attached hydrogen (secondary N) is 2. The minimum Gasteiger partial charge on any atom is -0.354 e. The molecule has 5 nitrogen and oxygen atoms in total. The summed E-state index contributed by atoms with van der Waals surface area (Å²) in [6.07, 6.45) is 2.90. The number of rotatable bonds is 4. The van der Waals surface area contributed by atoms with Gasteiger partial charge in [-0.05, 0) is 24.8 Å². The van der Waals surface area contributed by atoms with E-state index >= 15 is 0 Å². The first kappa shape index (κ1) is 14.8. The Morgan fingerprint density at radius 3 is 2.86 bits per heavy atom. The predicted molar refractivity (Wildman–Crippen MR) is 85.7 cm³/mol. The molecule has 22 heavy (non-hydrogen) atoms. The Hall–Kier alpha value is -2.14. The van der Waals surface area contributed by atoms with Crippen LogP contribution in [-0.4, -0.2) is 28.8 Å². The van der Waals surface area contributed by atoms with Gasteiger partial charge in [-0.15, -0.1) is 0 Å². The van der Waals surface area contributed by atoms with Crippen LogP contribution in [0.5, 0.6) is 0 Å². The molecule has 116 valence electrons. The number of nitrogens with zero attached hydrogens (tertiary/aromatic N) is 2. The molecule has 0 saturated carbocycles. The van der Waals surface area contributed by atoms with Crippen molar-refractivity contribution in [3.8, 4) is 0 Å². The molecule has 5 heteroatoms. The van der Waals surface area contributed by atoms with Crippen molar-refractivity contribution in [3.05, 3.63) is 52.8 Å². The van der Waals surface area contributed by atoms with Crippen LogP contribution in [-0.2, 0) is 26.4 Å². The highest BCUT2D eigenvalue weighted by Gasteiger charge is 2.27. The van der Waals surface area contributed by atoms with Crippen molar-refractivity contribution in [3.63, 3.8) is 0 Å². The monoisotopic (exact) mass is 298 g/mol. The summed E-state index contributed by atoms with van der Waals surface area (Å²) in [5.74, 6) is -0.0967. The fourth-order valence-electron chi connectivity index (χ4n) is 3.12. The number of fused-ring (bicyclic) bond motifs is 1. The molecule has 1 atom stereocenters. The van der Waals surface area contributed by atoms with Crippen LogP contribution in [0.25, 0.3) is 0 Å². The van der Waals surface area contributed by atoms with Crippen molar-refractivity contribution in [2.45, 2.75) is 31.8 Å². The topological polar surface area (TPSA) is 59.0 Å². The first-order valence-electron chi connectivity index (χ1n) is 7.73. The molecule has 1 amide bonds. The zero-order chi connectivity index (χ0) is 15.5. The molecule has 0 bridgehead atoms. The van der Waals surface area contributed by atoms with Gasteiger partial charge < -0.3 is 10.6 Å². The highest BCUT2D eigenvalue weighted by molar-refractivity contribution is 5.93. The Morgan fingerprint density at radius 2 is 2.14 bits per heavy atom. The molecule has 3 rings (SSSR count). The highest BCUT2D eigenvalue weighted by Crippen LogP contribution is 2.24. The van der Waals surface area contributed by atoms with Crippen LogP contribution in [0.1, 0.15) is 33.7 Å². The maximum atomic E-state index is 12.0. The van der Waals surface area contributed by atoms with E-state index in [0.29, 0.717) is 11.7 Å². The van der Waals surface area contributed by atoms with E-state index in [1.807, 2.05) is 17.8 Å². The van der Waals surface area contributed by atoms with Crippen molar-refractivity contribution in [1.82, 2.24) is 20.4 Å². The summed E-state index contributed by atoms with van der Waals surface area (Å²) in [5, 5.41) is 10.7. The molecule has 2 aromatic rings. The van der Waals surface area contributed by atoms with Gasteiger partial charge in [-0.3, -0.25) is 9.48 Å². The maximum absolute atomic E-state index is 12.0. The molecule has 1 aliphatic rings. The Kier molecular flexibility index (Phi) is 4.24. The number of aryl methyl sites for hydroxylation is 1. The van der Waals surface area contributed by atoms with Crippen LogP contribution < -0.4 is 10.6 Å². The molecule has 1 heterocycles. The van der Waals surface area contributed by atoms with Crippen LogP contribution >= 0.6 is 0 Å². The zero-order valence-corrected chi connectivity index (χ0v) is 13.1. The Bertz CT molecular complexity index is 663. The fourth-order valence-corrected chi connectivity index (χ4v) is 3.12. The van der Waals surface area contributed by atoms with E-state index in [2.05, 4.69) is 40.0 Å². The van der Waals surface area contributed by atoms with Crippen molar-refractivity contribution < 1.29 is 4.79 Å². The fraction of sp³-hybridized carbons (Fsp3) is 0.412. The molecule has 0 aliphatic heterocycles. The van der Waals surface area contributed by atoms with Crippen molar-refractivity contribution in [2.24, 2.45) is 7.05 Å². The second kappa shape index (κ2) is 6.32. The summed E-state index contributed by atoms with van der Waals surface area (Å²) in [4.78, 5) is 12.0. The second-order valence-electron chi connectivity index (χ2n) is 5.78. The van der Waals surface area contributed by atoms with E-state index in [1.165, 1.54) is 11.3 Å². The average Bonchev–Trinajstić information content (AvgIpc) is 2.90. The standard InChI is InChI=1S/C17H22N4O/c1-18-17(22)16-14-10-13(8-9-15(14)21(2)20-16)19-11-12-6-4-3-5-7-12/h3-7,13,19H,8-11H2,1-2H3,(H,18,22). The number of hydrogen-bond donors (Lipinski definition) is 2. The smallest absolute Gasteiger partial charge is 0.271 e. The summed E-state index contributed by atoms with van der Waals surface area (Å²) in [5.41, 5.74) is 4.15. The molecule has 0 saturated heterocycles. The van der Waals surface area contributed by atoms with Crippen LogP contribution in [0.15, 0.2) is 30.3 Å². The van der Waals surface area contributed by atoms with Gasteiger partial charge in [-0.1, -0.05) is 30.3 Å². The van der Waals surface area contributed by atoms with E-state index in [-0.39, 0.29) is 5.91 Å². The number of carbonyl (C=O) groups excluding carboxylic acids is 1. The number of carbonyl (C=O) groups is 1. The minimum atomic E-state index is -0.0967. The van der Waals surface area contributed by atoms with Gasteiger partial charge in [0.1, 0.15) is 0 Å². The van der Waals surface area contributed by atoms with Gasteiger partial charge in [0.15, 0.2) is 5.69 Å². The van der Waals surface area contributed by atoms with Crippen molar-refractivity contribution >= 4 is 5.91 Å². The lowest BCUT2D eigenvalue weighted by atomic mass is 9.91. The summed E-state index contributed by atoms with van der Waals surface area (Å²) < 4.78 is 1.85. The molecule has 0 radical (unpaired) electrons. The number of aromatic nitrogens is 2. The van der Waals surface area contributed by atoms with E-state index in [1.54, 1.807) is 7.05 Å². The molecule has 0 spiro atoms. The van der Waals surface area contributed by atoms with E-state index < -0.39 is 0 Å². The van der Waals surface area contributed by atoms with Gasteiger partial charge in [0.2, 0.25) is 0 Å². The van der Waals surface area contributed by atoms with E-state index in [9.17, 15) is 4.79 Å². The molecule has 1 aromatic heterocycles. The predicted octanol–water partition coefficient (Wildman–Crippen LogP) is 1.43. The second-order valence-corrected chi connectivity index (χ2v) is 5.78. The molecule has 1 aliphatic carbocycles. The summed E-state index contributed by atoms with van der Waals surface area (Å²) in [6.45, 7) is 0.858. The normalized spacial score (nSPS) is 17.1. The summed E-state index contributed by atoms with van der Waals surface area (Å²) >= 11 is 0. The SMILES string of the molecule is CNC(=O)c1nn(C)c2c1CC(NCc1ccccc1)CC2. The largest absolute Gasteiger partial charge is 0.354 e. The number of hydrogen-bond acceptors (Lipinski definition) is 3. The summed E-state index contributed by atoms with van der Waals surface area (Å²) in [6, 6.07) is 10.8. The Balaban J connectivity index is 1.71. The lowest BCUT2D eigenvalue weighted by molar-refractivity contribution is 0.0956. The Labute approximate surface area is 130 Å². The minimum absolute atomic E-state index is 0.0967. The highest BCUT2D eigenvalue weighted by atomic mass is 16.1.